The van der Waals surface area contributed by atoms with Crippen molar-refractivity contribution in [3.05, 3.63) is 89.5 Å². The Labute approximate surface area is 200 Å². The molecule has 0 saturated heterocycles. The molecular weight excluding hydrogens is 454 g/mol. The molecule has 0 aromatic heterocycles. The number of nitrogens with zero attached hydrogens (tertiary/aromatic N) is 2. The number of esters is 1. The van der Waals surface area contributed by atoms with Crippen LogP contribution in [0.25, 0.3) is 0 Å². The molecule has 0 aliphatic rings. The molecule has 0 aliphatic carbocycles. The molecule has 164 valence electrons. The number of carbonyl (C=O) groups is 2. The summed E-state index contributed by atoms with van der Waals surface area (Å²) in [5, 5.41) is 20.4. The lowest BCUT2D eigenvalue weighted by molar-refractivity contribution is -0.119. The molecule has 6 nitrogen and oxygen atoms in total. The van der Waals surface area contributed by atoms with Crippen molar-refractivity contribution >= 4 is 41.1 Å². The van der Waals surface area contributed by atoms with Crippen LogP contribution in [0.5, 0.6) is 0 Å². The van der Waals surface area contributed by atoms with E-state index in [4.69, 9.17) is 15.3 Å². The summed E-state index contributed by atoms with van der Waals surface area (Å²) in [4.78, 5) is 26.5. The minimum absolute atomic E-state index is 0.263. The molecule has 0 radical (unpaired) electrons. The second kappa shape index (κ2) is 12.4. The van der Waals surface area contributed by atoms with Crippen LogP contribution in [0, 0.1) is 22.7 Å². The van der Waals surface area contributed by atoms with Gasteiger partial charge in [-0.15, -0.1) is 23.5 Å². The maximum atomic E-state index is 12.6. The molecule has 0 aliphatic heterocycles. The number of ether oxygens (including phenoxy) is 1. The molecule has 0 fully saturated rings. The third-order valence-electron chi connectivity index (χ3n) is 4.37. The molecule has 0 saturated carbocycles. The molecule has 0 unspecified atom stereocenters. The van der Waals surface area contributed by atoms with E-state index in [1.54, 1.807) is 36.4 Å². The van der Waals surface area contributed by atoms with Crippen LogP contribution >= 0.6 is 23.5 Å². The van der Waals surface area contributed by atoms with Gasteiger partial charge in [-0.1, -0.05) is 36.4 Å². The van der Waals surface area contributed by atoms with Crippen LogP contribution < -0.4 is 5.32 Å². The highest BCUT2D eigenvalue weighted by molar-refractivity contribution is 7.99. The summed E-state index contributed by atoms with van der Waals surface area (Å²) >= 11 is 2.79. The van der Waals surface area contributed by atoms with Crippen LogP contribution in [0.2, 0.25) is 0 Å². The van der Waals surface area contributed by atoms with E-state index >= 15 is 0 Å². The summed E-state index contributed by atoms with van der Waals surface area (Å²) in [7, 11) is 0. The molecule has 0 atom stereocenters. The van der Waals surface area contributed by atoms with E-state index in [2.05, 4.69) is 17.5 Å². The molecule has 1 amide bonds. The zero-order valence-corrected chi connectivity index (χ0v) is 19.1. The monoisotopic (exact) mass is 473 g/mol. The van der Waals surface area contributed by atoms with E-state index in [1.807, 2.05) is 36.4 Å². The molecule has 3 aromatic rings. The number of rotatable bonds is 9. The van der Waals surface area contributed by atoms with Crippen LogP contribution in [-0.2, 0) is 15.3 Å². The Hall–Kier alpha value is -3.72. The summed E-state index contributed by atoms with van der Waals surface area (Å²) < 4.78 is 5.25. The van der Waals surface area contributed by atoms with Gasteiger partial charge in [0.05, 0.1) is 34.7 Å². The van der Waals surface area contributed by atoms with Crippen LogP contribution in [0.4, 0.5) is 5.69 Å². The lowest BCUT2D eigenvalue weighted by Crippen LogP contribution is -2.21. The lowest BCUT2D eigenvalue weighted by Gasteiger charge is -2.11. The van der Waals surface area contributed by atoms with Gasteiger partial charge in [0.15, 0.2) is 6.61 Å². The molecular formula is C25H19N3O3S2. The summed E-state index contributed by atoms with van der Waals surface area (Å²) in [6, 6.07) is 25.6. The van der Waals surface area contributed by atoms with Gasteiger partial charge in [0.25, 0.3) is 5.91 Å². The van der Waals surface area contributed by atoms with Gasteiger partial charge < -0.3 is 10.1 Å². The second-order valence-electron chi connectivity index (χ2n) is 6.66. The molecule has 0 bridgehead atoms. The summed E-state index contributed by atoms with van der Waals surface area (Å²) in [5.41, 5.74) is 2.57. The zero-order valence-electron chi connectivity index (χ0n) is 17.5. The Kier molecular flexibility index (Phi) is 8.96. The molecule has 3 aromatic carbocycles. The molecule has 1 N–H and O–H groups in total. The second-order valence-corrected chi connectivity index (χ2v) is 8.70. The number of hydrogen-bond acceptors (Lipinski definition) is 7. The van der Waals surface area contributed by atoms with Gasteiger partial charge >= 0.3 is 5.97 Å². The highest BCUT2D eigenvalue weighted by atomic mass is 32.2. The van der Waals surface area contributed by atoms with Crippen molar-refractivity contribution in [3.63, 3.8) is 0 Å². The fourth-order valence-corrected chi connectivity index (χ4v) is 4.46. The van der Waals surface area contributed by atoms with Gasteiger partial charge in [-0.3, -0.25) is 4.79 Å². The zero-order chi connectivity index (χ0) is 23.5. The first-order valence-electron chi connectivity index (χ1n) is 9.87. The SMILES string of the molecule is N#CCSc1ccccc1NC(=O)COC(=O)c1ccccc1SCc1ccc(C#N)cc1. The average Bonchev–Trinajstić information content (AvgIpc) is 2.86. The highest BCUT2D eigenvalue weighted by Gasteiger charge is 2.15. The van der Waals surface area contributed by atoms with Gasteiger partial charge in [-0.2, -0.15) is 10.5 Å². The number of carbonyl (C=O) groups excluding carboxylic acids is 2. The molecule has 0 spiro atoms. The number of nitrogens with one attached hydrogen (secondary N) is 1. The quantitative estimate of drug-likeness (QED) is 0.334. The number of benzene rings is 3. The Balaban J connectivity index is 1.58. The standard InChI is InChI=1S/C25H19N3O3S2/c26-13-14-32-23-8-4-2-6-21(23)28-24(29)16-31-25(30)20-5-1-3-7-22(20)33-17-19-11-9-18(15-27)10-12-19/h1-12H,14,16-17H2,(H,28,29). The summed E-state index contributed by atoms with van der Waals surface area (Å²) in [6.45, 7) is -0.426. The van der Waals surface area contributed by atoms with Crippen molar-refractivity contribution < 1.29 is 14.3 Å². The van der Waals surface area contributed by atoms with Crippen LogP contribution in [0.3, 0.4) is 0 Å². The van der Waals surface area contributed by atoms with E-state index in [1.165, 1.54) is 23.5 Å². The van der Waals surface area contributed by atoms with Crippen LogP contribution in [0.1, 0.15) is 21.5 Å². The Morgan fingerprint density at radius 2 is 1.58 bits per heavy atom. The summed E-state index contributed by atoms with van der Waals surface area (Å²) in [6.07, 6.45) is 0. The molecule has 3 rings (SSSR count). The highest BCUT2D eigenvalue weighted by Crippen LogP contribution is 2.28. The number of nitriles is 2. The number of anilines is 1. The summed E-state index contributed by atoms with van der Waals surface area (Å²) in [5.74, 6) is -0.164. The molecule has 8 heteroatoms. The van der Waals surface area contributed by atoms with Gasteiger partial charge in [0.1, 0.15) is 0 Å². The van der Waals surface area contributed by atoms with Crippen molar-refractivity contribution in [2.75, 3.05) is 17.7 Å². The van der Waals surface area contributed by atoms with Gasteiger partial charge in [-0.05, 0) is 42.0 Å². The topological polar surface area (TPSA) is 103 Å². The van der Waals surface area contributed by atoms with Gasteiger partial charge in [0.2, 0.25) is 0 Å². The minimum atomic E-state index is -0.583. The van der Waals surface area contributed by atoms with E-state index in [-0.39, 0.29) is 5.75 Å². The fraction of sp³-hybridized carbons (Fsp3) is 0.120. The maximum Gasteiger partial charge on any atom is 0.339 e. The predicted molar refractivity (Wildman–Crippen MR) is 129 cm³/mol. The number of amides is 1. The fourth-order valence-electron chi connectivity index (χ4n) is 2.80. The number of hydrogen-bond donors (Lipinski definition) is 1. The third-order valence-corrected chi connectivity index (χ3v) is 6.46. The van der Waals surface area contributed by atoms with Gasteiger partial charge in [0, 0.05) is 15.5 Å². The first-order valence-corrected chi connectivity index (χ1v) is 11.8. The first kappa shape index (κ1) is 23.9. The Bertz CT molecular complexity index is 1210. The first-order chi connectivity index (χ1) is 16.1. The van der Waals surface area contributed by atoms with Gasteiger partial charge in [-0.25, -0.2) is 4.79 Å². The molecule has 0 heterocycles. The lowest BCUT2D eigenvalue weighted by atomic mass is 10.2. The molecule has 33 heavy (non-hydrogen) atoms. The number of para-hydroxylation sites is 1. The van der Waals surface area contributed by atoms with E-state index < -0.39 is 18.5 Å². The van der Waals surface area contributed by atoms with Crippen LogP contribution in [0.15, 0.2) is 82.6 Å². The smallest absolute Gasteiger partial charge is 0.339 e. The van der Waals surface area contributed by atoms with Crippen molar-refractivity contribution in [1.29, 1.82) is 10.5 Å². The minimum Gasteiger partial charge on any atom is -0.452 e. The van der Waals surface area contributed by atoms with E-state index in [9.17, 15) is 9.59 Å². The predicted octanol–water partition coefficient (Wildman–Crippen LogP) is 5.26. The normalized spacial score (nSPS) is 10.0. The maximum absolute atomic E-state index is 12.6. The van der Waals surface area contributed by atoms with Crippen molar-refractivity contribution in [3.8, 4) is 12.1 Å². The average molecular weight is 474 g/mol. The Morgan fingerprint density at radius 1 is 0.879 bits per heavy atom. The van der Waals surface area contributed by atoms with Crippen molar-refractivity contribution in [2.24, 2.45) is 0 Å². The van der Waals surface area contributed by atoms with Crippen molar-refractivity contribution in [1.82, 2.24) is 0 Å². The number of thioether (sulfide) groups is 2. The largest absolute Gasteiger partial charge is 0.452 e. The Morgan fingerprint density at radius 3 is 2.30 bits per heavy atom. The van der Waals surface area contributed by atoms with Crippen LogP contribution in [-0.4, -0.2) is 24.2 Å². The third kappa shape index (κ3) is 7.15. The van der Waals surface area contributed by atoms with E-state index in [0.717, 1.165) is 15.4 Å². The van der Waals surface area contributed by atoms with Crippen molar-refractivity contribution in [2.45, 2.75) is 15.5 Å². The van der Waals surface area contributed by atoms with E-state index in [0.29, 0.717) is 22.6 Å².